The minimum Gasteiger partial charge on any atom is -0.276 e. The SMILES string of the molecule is O=C(Cl)/C=C/c1cccc(Cl)c1F. The van der Waals surface area contributed by atoms with Gasteiger partial charge in [-0.2, -0.15) is 0 Å². The van der Waals surface area contributed by atoms with Gasteiger partial charge in [-0.3, -0.25) is 4.79 Å². The average molecular weight is 219 g/mol. The van der Waals surface area contributed by atoms with Crippen LogP contribution in [0.15, 0.2) is 24.3 Å². The minimum atomic E-state index is -0.653. The van der Waals surface area contributed by atoms with Crippen LogP contribution in [0.2, 0.25) is 5.02 Å². The Morgan fingerprint density at radius 3 is 2.77 bits per heavy atom. The van der Waals surface area contributed by atoms with E-state index in [1.807, 2.05) is 0 Å². The molecule has 4 heteroatoms. The monoisotopic (exact) mass is 218 g/mol. The highest BCUT2D eigenvalue weighted by Crippen LogP contribution is 2.18. The van der Waals surface area contributed by atoms with Gasteiger partial charge in [0, 0.05) is 5.56 Å². The summed E-state index contributed by atoms with van der Waals surface area (Å²) in [6.07, 6.45) is 2.34. The van der Waals surface area contributed by atoms with Crippen molar-refractivity contribution in [2.75, 3.05) is 0 Å². The topological polar surface area (TPSA) is 17.1 Å². The highest BCUT2D eigenvalue weighted by Gasteiger charge is 2.02. The van der Waals surface area contributed by atoms with Gasteiger partial charge in [0.2, 0.25) is 5.24 Å². The molecule has 1 nitrogen and oxygen atoms in total. The molecule has 1 aromatic rings. The maximum absolute atomic E-state index is 13.1. The van der Waals surface area contributed by atoms with Gasteiger partial charge < -0.3 is 0 Å². The summed E-state index contributed by atoms with van der Waals surface area (Å²) in [5.74, 6) is -0.557. The van der Waals surface area contributed by atoms with Crippen LogP contribution in [0, 0.1) is 5.82 Å². The minimum absolute atomic E-state index is 0.0178. The van der Waals surface area contributed by atoms with E-state index in [-0.39, 0.29) is 10.6 Å². The van der Waals surface area contributed by atoms with Gasteiger partial charge >= 0.3 is 0 Å². The molecular weight excluding hydrogens is 214 g/mol. The molecule has 0 radical (unpaired) electrons. The van der Waals surface area contributed by atoms with Gasteiger partial charge in [-0.25, -0.2) is 4.39 Å². The van der Waals surface area contributed by atoms with Crippen molar-refractivity contribution in [3.8, 4) is 0 Å². The van der Waals surface area contributed by atoms with Crippen molar-refractivity contribution in [3.05, 3.63) is 40.7 Å². The van der Waals surface area contributed by atoms with E-state index in [0.717, 1.165) is 6.08 Å². The van der Waals surface area contributed by atoms with E-state index in [4.69, 9.17) is 23.2 Å². The van der Waals surface area contributed by atoms with Crippen LogP contribution in [0.4, 0.5) is 4.39 Å². The van der Waals surface area contributed by atoms with E-state index in [2.05, 4.69) is 0 Å². The zero-order valence-corrected chi connectivity index (χ0v) is 7.94. The molecule has 13 heavy (non-hydrogen) atoms. The van der Waals surface area contributed by atoms with Crippen LogP contribution >= 0.6 is 23.2 Å². The van der Waals surface area contributed by atoms with Gasteiger partial charge in [-0.15, -0.1) is 0 Å². The first-order chi connectivity index (χ1) is 6.11. The molecule has 0 amide bonds. The molecule has 0 fully saturated rings. The summed E-state index contributed by atoms with van der Waals surface area (Å²) < 4.78 is 13.1. The summed E-state index contributed by atoms with van der Waals surface area (Å²) in [4.78, 5) is 10.3. The Labute approximate surface area is 84.8 Å². The summed E-state index contributed by atoms with van der Waals surface area (Å²) in [5, 5.41) is -0.636. The third kappa shape index (κ3) is 2.83. The largest absolute Gasteiger partial charge is 0.276 e. The molecule has 0 aromatic heterocycles. The van der Waals surface area contributed by atoms with Crippen LogP contribution in [0.5, 0.6) is 0 Å². The molecule has 0 aliphatic heterocycles. The summed E-state index contributed by atoms with van der Waals surface area (Å²) in [6, 6.07) is 4.51. The Hall–Kier alpha value is -0.860. The molecule has 0 aliphatic carbocycles. The Morgan fingerprint density at radius 1 is 1.46 bits per heavy atom. The lowest BCUT2D eigenvalue weighted by atomic mass is 10.2. The Balaban J connectivity index is 3.02. The van der Waals surface area contributed by atoms with Crippen LogP contribution in [-0.4, -0.2) is 5.24 Å². The zero-order valence-electron chi connectivity index (χ0n) is 6.43. The second-order valence-corrected chi connectivity index (χ2v) is 3.06. The van der Waals surface area contributed by atoms with Gasteiger partial charge in [-0.1, -0.05) is 23.7 Å². The van der Waals surface area contributed by atoms with Crippen molar-refractivity contribution in [1.29, 1.82) is 0 Å². The second-order valence-electron chi connectivity index (χ2n) is 2.28. The fraction of sp³-hybridized carbons (Fsp3) is 0. The molecule has 0 unspecified atom stereocenters. The third-order valence-electron chi connectivity index (χ3n) is 1.38. The second kappa shape index (κ2) is 4.40. The highest BCUT2D eigenvalue weighted by atomic mass is 35.5. The van der Waals surface area contributed by atoms with Crippen LogP contribution in [0.3, 0.4) is 0 Å². The zero-order chi connectivity index (χ0) is 9.84. The molecule has 68 valence electrons. The van der Waals surface area contributed by atoms with Gasteiger partial charge in [0.1, 0.15) is 5.82 Å². The van der Waals surface area contributed by atoms with E-state index < -0.39 is 11.1 Å². The van der Waals surface area contributed by atoms with Gasteiger partial charge in [0.05, 0.1) is 5.02 Å². The number of hydrogen-bond acceptors (Lipinski definition) is 1. The molecular formula is C9H5Cl2FO. The molecule has 0 aliphatic rings. The van der Waals surface area contributed by atoms with E-state index in [9.17, 15) is 9.18 Å². The van der Waals surface area contributed by atoms with E-state index >= 15 is 0 Å². The van der Waals surface area contributed by atoms with Crippen LogP contribution < -0.4 is 0 Å². The lowest BCUT2D eigenvalue weighted by Gasteiger charge is -1.97. The lowest BCUT2D eigenvalue weighted by molar-refractivity contribution is -0.107. The molecule has 0 saturated carbocycles. The van der Waals surface area contributed by atoms with E-state index in [0.29, 0.717) is 0 Å². The number of rotatable bonds is 2. The molecule has 0 bridgehead atoms. The first-order valence-electron chi connectivity index (χ1n) is 3.43. The molecule has 0 spiro atoms. The number of benzene rings is 1. The van der Waals surface area contributed by atoms with Crippen molar-refractivity contribution >= 4 is 34.5 Å². The highest BCUT2D eigenvalue weighted by molar-refractivity contribution is 6.66. The van der Waals surface area contributed by atoms with Crippen molar-refractivity contribution in [3.63, 3.8) is 0 Å². The van der Waals surface area contributed by atoms with Crippen molar-refractivity contribution < 1.29 is 9.18 Å². The Kier molecular flexibility index (Phi) is 3.46. The Bertz CT molecular complexity index is 361. The smallest absolute Gasteiger partial charge is 0.245 e. The number of allylic oxidation sites excluding steroid dienone is 1. The first kappa shape index (κ1) is 10.2. The van der Waals surface area contributed by atoms with Crippen molar-refractivity contribution in [2.45, 2.75) is 0 Å². The Morgan fingerprint density at radius 2 is 2.15 bits per heavy atom. The van der Waals surface area contributed by atoms with Gasteiger partial charge in [0.25, 0.3) is 0 Å². The van der Waals surface area contributed by atoms with Gasteiger partial charge in [-0.05, 0) is 29.8 Å². The molecule has 0 N–H and O–H groups in total. The maximum atomic E-state index is 13.1. The normalized spacial score (nSPS) is 10.7. The number of carbonyl (C=O) groups is 1. The standard InChI is InChI=1S/C9H5Cl2FO/c10-7-3-1-2-6(9(7)12)4-5-8(11)13/h1-5H/b5-4+. The predicted octanol–water partition coefficient (Wildman–Crippen LogP) is 3.26. The number of halogens is 3. The van der Waals surface area contributed by atoms with Crippen molar-refractivity contribution in [1.82, 2.24) is 0 Å². The lowest BCUT2D eigenvalue weighted by Crippen LogP contribution is -1.83. The van der Waals surface area contributed by atoms with E-state index in [1.54, 1.807) is 6.07 Å². The third-order valence-corrected chi connectivity index (χ3v) is 1.79. The summed E-state index contributed by atoms with van der Waals surface area (Å²) in [5.41, 5.74) is 0.238. The number of hydrogen-bond donors (Lipinski definition) is 0. The van der Waals surface area contributed by atoms with Crippen molar-refractivity contribution in [2.24, 2.45) is 0 Å². The van der Waals surface area contributed by atoms with Gasteiger partial charge in [0.15, 0.2) is 0 Å². The van der Waals surface area contributed by atoms with Crippen LogP contribution in [0.1, 0.15) is 5.56 Å². The predicted molar refractivity (Wildman–Crippen MR) is 51.3 cm³/mol. The summed E-state index contributed by atoms with van der Waals surface area (Å²) in [6.45, 7) is 0. The van der Waals surface area contributed by atoms with Crippen LogP contribution in [-0.2, 0) is 4.79 Å². The first-order valence-corrected chi connectivity index (χ1v) is 4.18. The molecule has 1 rings (SSSR count). The number of carbonyl (C=O) groups excluding carboxylic acids is 1. The maximum Gasteiger partial charge on any atom is 0.245 e. The molecule has 0 saturated heterocycles. The summed E-state index contributed by atoms with van der Waals surface area (Å²) in [7, 11) is 0. The molecule has 0 heterocycles. The average Bonchev–Trinajstić information content (AvgIpc) is 2.07. The molecule has 0 atom stereocenters. The van der Waals surface area contributed by atoms with Crippen LogP contribution in [0.25, 0.3) is 6.08 Å². The fourth-order valence-electron chi connectivity index (χ4n) is 0.804. The quantitative estimate of drug-likeness (QED) is 0.551. The molecule has 1 aromatic carbocycles. The van der Waals surface area contributed by atoms with E-state index in [1.165, 1.54) is 18.2 Å². The fourth-order valence-corrected chi connectivity index (χ4v) is 1.05. The summed E-state index contributed by atoms with van der Waals surface area (Å²) >= 11 is 10.5.